The lowest BCUT2D eigenvalue weighted by atomic mass is 10.1. The highest BCUT2D eigenvalue weighted by molar-refractivity contribution is 9.10. The number of amides is 1. The molecule has 0 N–H and O–H groups in total. The van der Waals surface area contributed by atoms with Crippen molar-refractivity contribution in [3.8, 4) is 0 Å². The SMILES string of the molecule is CC1(C)CN(C(=O)c2ccc(Cl)cc2Br)CCO1. The minimum absolute atomic E-state index is 0.00918. The molecular formula is C13H15BrClNO2. The Hall–Kier alpha value is -0.580. The first-order chi connectivity index (χ1) is 8.39. The normalized spacial score (nSPS) is 18.8. The largest absolute Gasteiger partial charge is 0.372 e. The molecule has 1 fully saturated rings. The average molecular weight is 333 g/mol. The molecule has 3 nitrogen and oxygen atoms in total. The van der Waals surface area contributed by atoms with Gasteiger partial charge in [-0.15, -0.1) is 0 Å². The molecule has 0 aromatic heterocycles. The van der Waals surface area contributed by atoms with Gasteiger partial charge in [-0.3, -0.25) is 4.79 Å². The maximum Gasteiger partial charge on any atom is 0.255 e. The zero-order valence-corrected chi connectivity index (χ0v) is 12.7. The van der Waals surface area contributed by atoms with Gasteiger partial charge < -0.3 is 9.64 Å². The predicted octanol–water partition coefficient (Wildman–Crippen LogP) is 3.35. The zero-order valence-electron chi connectivity index (χ0n) is 10.4. The van der Waals surface area contributed by atoms with Crippen molar-refractivity contribution in [2.24, 2.45) is 0 Å². The lowest BCUT2D eigenvalue weighted by Crippen LogP contribution is -2.50. The molecule has 1 saturated heterocycles. The highest BCUT2D eigenvalue weighted by Crippen LogP contribution is 2.25. The van der Waals surface area contributed by atoms with Gasteiger partial charge in [0.1, 0.15) is 0 Å². The molecule has 1 amide bonds. The van der Waals surface area contributed by atoms with Gasteiger partial charge in [0.25, 0.3) is 5.91 Å². The summed E-state index contributed by atoms with van der Waals surface area (Å²) in [5.41, 5.74) is 0.351. The van der Waals surface area contributed by atoms with Crippen LogP contribution in [0.15, 0.2) is 22.7 Å². The zero-order chi connectivity index (χ0) is 13.3. The van der Waals surface area contributed by atoms with Crippen molar-refractivity contribution in [3.63, 3.8) is 0 Å². The van der Waals surface area contributed by atoms with Gasteiger partial charge in [0.05, 0.1) is 17.8 Å². The number of carbonyl (C=O) groups excluding carboxylic acids is 1. The van der Waals surface area contributed by atoms with Crippen molar-refractivity contribution in [2.45, 2.75) is 19.4 Å². The van der Waals surface area contributed by atoms with Gasteiger partial charge in [-0.2, -0.15) is 0 Å². The summed E-state index contributed by atoms with van der Waals surface area (Å²) in [7, 11) is 0. The third-order valence-corrected chi connectivity index (χ3v) is 3.77. The molecule has 0 bridgehead atoms. The molecule has 1 aromatic rings. The van der Waals surface area contributed by atoms with Crippen LogP contribution in [0.3, 0.4) is 0 Å². The van der Waals surface area contributed by atoms with E-state index in [1.807, 2.05) is 18.7 Å². The summed E-state index contributed by atoms with van der Waals surface area (Å²) < 4.78 is 6.33. The second kappa shape index (κ2) is 5.19. The number of halogens is 2. The molecule has 98 valence electrons. The molecule has 1 aromatic carbocycles. The van der Waals surface area contributed by atoms with E-state index in [9.17, 15) is 4.79 Å². The summed E-state index contributed by atoms with van der Waals surface area (Å²) >= 11 is 9.26. The van der Waals surface area contributed by atoms with Gasteiger partial charge in [0.15, 0.2) is 0 Å². The monoisotopic (exact) mass is 331 g/mol. The van der Waals surface area contributed by atoms with Crippen LogP contribution in [0.2, 0.25) is 5.02 Å². The number of nitrogens with zero attached hydrogens (tertiary/aromatic N) is 1. The Morgan fingerprint density at radius 3 is 2.83 bits per heavy atom. The van der Waals surface area contributed by atoms with E-state index >= 15 is 0 Å². The Balaban J connectivity index is 2.20. The van der Waals surface area contributed by atoms with E-state index in [1.165, 1.54) is 0 Å². The fraction of sp³-hybridized carbons (Fsp3) is 0.462. The van der Waals surface area contributed by atoms with Crippen molar-refractivity contribution in [3.05, 3.63) is 33.3 Å². The minimum atomic E-state index is -0.285. The van der Waals surface area contributed by atoms with Crippen LogP contribution in [0.25, 0.3) is 0 Å². The Kier molecular flexibility index (Phi) is 3.99. The topological polar surface area (TPSA) is 29.5 Å². The summed E-state index contributed by atoms with van der Waals surface area (Å²) in [5.74, 6) is 0.00918. The van der Waals surface area contributed by atoms with Gasteiger partial charge >= 0.3 is 0 Å². The van der Waals surface area contributed by atoms with Gasteiger partial charge in [0.2, 0.25) is 0 Å². The number of rotatable bonds is 1. The summed E-state index contributed by atoms with van der Waals surface area (Å²) in [6.45, 7) is 5.77. The van der Waals surface area contributed by atoms with E-state index in [0.717, 1.165) is 4.47 Å². The molecule has 0 saturated carbocycles. The lowest BCUT2D eigenvalue weighted by molar-refractivity contribution is -0.0764. The molecule has 2 rings (SSSR count). The highest BCUT2D eigenvalue weighted by atomic mass is 79.9. The Morgan fingerprint density at radius 1 is 1.50 bits per heavy atom. The number of benzene rings is 1. The molecular weight excluding hydrogens is 318 g/mol. The fourth-order valence-corrected chi connectivity index (χ4v) is 2.88. The number of ether oxygens (including phenoxy) is 1. The molecule has 5 heteroatoms. The standard InChI is InChI=1S/C13H15BrClNO2/c1-13(2)8-16(5-6-18-13)12(17)10-4-3-9(15)7-11(10)14/h3-4,7H,5-6,8H2,1-2H3. The highest BCUT2D eigenvalue weighted by Gasteiger charge is 2.30. The van der Waals surface area contributed by atoms with Gasteiger partial charge in [-0.05, 0) is 48.0 Å². The van der Waals surface area contributed by atoms with Crippen LogP contribution in [0.4, 0.5) is 0 Å². The molecule has 0 atom stereocenters. The molecule has 1 aliphatic heterocycles. The van der Waals surface area contributed by atoms with E-state index in [2.05, 4.69) is 15.9 Å². The summed E-state index contributed by atoms with van der Waals surface area (Å²) in [5, 5.41) is 0.612. The molecule has 18 heavy (non-hydrogen) atoms. The van der Waals surface area contributed by atoms with Crippen molar-refractivity contribution in [1.82, 2.24) is 4.90 Å². The van der Waals surface area contributed by atoms with E-state index in [4.69, 9.17) is 16.3 Å². The van der Waals surface area contributed by atoms with Crippen LogP contribution in [0.5, 0.6) is 0 Å². The van der Waals surface area contributed by atoms with Crippen molar-refractivity contribution < 1.29 is 9.53 Å². The first kappa shape index (κ1) is 13.8. The number of hydrogen-bond acceptors (Lipinski definition) is 2. The van der Waals surface area contributed by atoms with Crippen molar-refractivity contribution in [1.29, 1.82) is 0 Å². The predicted molar refractivity (Wildman–Crippen MR) is 75.1 cm³/mol. The molecule has 0 spiro atoms. The maximum atomic E-state index is 12.4. The first-order valence-corrected chi connectivity index (χ1v) is 6.94. The van der Waals surface area contributed by atoms with Gasteiger partial charge in [-0.1, -0.05) is 11.6 Å². The molecule has 0 radical (unpaired) electrons. The van der Waals surface area contributed by atoms with Crippen LogP contribution >= 0.6 is 27.5 Å². The number of morpholine rings is 1. The Labute approximate surface area is 120 Å². The Morgan fingerprint density at radius 2 is 2.22 bits per heavy atom. The second-order valence-electron chi connectivity index (χ2n) is 4.96. The van der Waals surface area contributed by atoms with E-state index in [1.54, 1.807) is 18.2 Å². The Bertz CT molecular complexity index is 476. The lowest BCUT2D eigenvalue weighted by Gasteiger charge is -2.38. The van der Waals surface area contributed by atoms with E-state index < -0.39 is 0 Å². The van der Waals surface area contributed by atoms with E-state index in [-0.39, 0.29) is 11.5 Å². The van der Waals surface area contributed by atoms with E-state index in [0.29, 0.717) is 30.3 Å². The van der Waals surface area contributed by atoms with Crippen molar-refractivity contribution in [2.75, 3.05) is 19.7 Å². The fourth-order valence-electron chi connectivity index (χ4n) is 2.02. The van der Waals surface area contributed by atoms with Crippen LogP contribution in [0.1, 0.15) is 24.2 Å². The first-order valence-electron chi connectivity index (χ1n) is 5.77. The smallest absolute Gasteiger partial charge is 0.255 e. The summed E-state index contributed by atoms with van der Waals surface area (Å²) in [6, 6.07) is 5.21. The van der Waals surface area contributed by atoms with Gasteiger partial charge in [-0.25, -0.2) is 0 Å². The van der Waals surface area contributed by atoms with Crippen molar-refractivity contribution >= 4 is 33.4 Å². The number of hydrogen-bond donors (Lipinski definition) is 0. The summed E-state index contributed by atoms with van der Waals surface area (Å²) in [4.78, 5) is 14.2. The molecule has 1 aliphatic rings. The van der Waals surface area contributed by atoms with Crippen LogP contribution < -0.4 is 0 Å². The van der Waals surface area contributed by atoms with Crippen LogP contribution in [-0.2, 0) is 4.74 Å². The molecule has 1 heterocycles. The minimum Gasteiger partial charge on any atom is -0.372 e. The maximum absolute atomic E-state index is 12.4. The summed E-state index contributed by atoms with van der Waals surface area (Å²) in [6.07, 6.45) is 0. The number of carbonyl (C=O) groups is 1. The molecule has 0 unspecified atom stereocenters. The molecule has 0 aliphatic carbocycles. The third-order valence-electron chi connectivity index (χ3n) is 2.87. The van der Waals surface area contributed by atoms with Crippen LogP contribution in [-0.4, -0.2) is 36.1 Å². The second-order valence-corrected chi connectivity index (χ2v) is 6.25. The third kappa shape index (κ3) is 3.05. The van der Waals surface area contributed by atoms with Crippen LogP contribution in [0, 0.1) is 0 Å². The quantitative estimate of drug-likeness (QED) is 0.789. The average Bonchev–Trinajstić information content (AvgIpc) is 2.27. The van der Waals surface area contributed by atoms with Gasteiger partial charge in [0, 0.05) is 22.6 Å².